The van der Waals surface area contributed by atoms with E-state index in [1.807, 2.05) is 34.0 Å². The van der Waals surface area contributed by atoms with Crippen molar-refractivity contribution in [2.24, 2.45) is 12.5 Å². The summed E-state index contributed by atoms with van der Waals surface area (Å²) >= 11 is 0. The van der Waals surface area contributed by atoms with E-state index in [2.05, 4.69) is 10.4 Å². The molecule has 19 heavy (non-hydrogen) atoms. The first-order valence-corrected chi connectivity index (χ1v) is 6.71. The molecule has 0 aliphatic carbocycles. The summed E-state index contributed by atoms with van der Waals surface area (Å²) in [6.07, 6.45) is 3.83. The van der Waals surface area contributed by atoms with Gasteiger partial charge in [-0.05, 0) is 30.7 Å². The van der Waals surface area contributed by atoms with E-state index in [4.69, 9.17) is 5.11 Å². The van der Waals surface area contributed by atoms with Gasteiger partial charge in [-0.1, -0.05) is 13.8 Å². The lowest BCUT2D eigenvalue weighted by Gasteiger charge is -2.23. The number of nitrogens with zero attached hydrogens (tertiary/aromatic N) is 2. The first-order chi connectivity index (χ1) is 8.84. The van der Waals surface area contributed by atoms with Crippen molar-refractivity contribution in [1.82, 2.24) is 15.1 Å². The van der Waals surface area contributed by atoms with Crippen molar-refractivity contribution in [2.75, 3.05) is 13.2 Å². The standard InChI is InChI=1S/C14H25N3O2/c1-11-12(9-17(4)16-11)5-6-13(19)15-10-14(2,3)7-8-18/h9,18H,5-8,10H2,1-4H3,(H,15,19). The fraction of sp³-hybridized carbons (Fsp3) is 0.714. The Bertz CT molecular complexity index is 424. The Morgan fingerprint density at radius 2 is 2.21 bits per heavy atom. The summed E-state index contributed by atoms with van der Waals surface area (Å²) in [5.41, 5.74) is 2.04. The minimum atomic E-state index is -0.0609. The molecule has 108 valence electrons. The van der Waals surface area contributed by atoms with Crippen LogP contribution >= 0.6 is 0 Å². The number of aliphatic hydroxyl groups excluding tert-OH is 1. The Morgan fingerprint density at radius 3 is 2.74 bits per heavy atom. The number of carbonyl (C=O) groups is 1. The van der Waals surface area contributed by atoms with Crippen LogP contribution in [0.25, 0.3) is 0 Å². The quantitative estimate of drug-likeness (QED) is 0.779. The van der Waals surface area contributed by atoms with Crippen LogP contribution in [-0.4, -0.2) is 33.9 Å². The Balaban J connectivity index is 2.34. The van der Waals surface area contributed by atoms with Crippen molar-refractivity contribution >= 4 is 5.91 Å². The van der Waals surface area contributed by atoms with Crippen molar-refractivity contribution in [3.63, 3.8) is 0 Å². The highest BCUT2D eigenvalue weighted by atomic mass is 16.3. The molecule has 0 saturated heterocycles. The monoisotopic (exact) mass is 267 g/mol. The molecule has 2 N–H and O–H groups in total. The van der Waals surface area contributed by atoms with Gasteiger partial charge in [-0.15, -0.1) is 0 Å². The number of hydrogen-bond donors (Lipinski definition) is 2. The largest absolute Gasteiger partial charge is 0.396 e. The molecule has 0 atom stereocenters. The lowest BCUT2D eigenvalue weighted by molar-refractivity contribution is -0.121. The molecular weight excluding hydrogens is 242 g/mol. The molecule has 1 heterocycles. The molecule has 1 amide bonds. The number of aliphatic hydroxyl groups is 1. The third kappa shape index (κ3) is 5.42. The van der Waals surface area contributed by atoms with Crippen LogP contribution in [0.2, 0.25) is 0 Å². The Hall–Kier alpha value is -1.36. The second-order valence-electron chi connectivity index (χ2n) is 5.83. The number of aryl methyl sites for hydroxylation is 3. The fourth-order valence-electron chi connectivity index (χ4n) is 1.96. The second kappa shape index (κ2) is 6.70. The minimum Gasteiger partial charge on any atom is -0.396 e. The molecule has 0 spiro atoms. The van der Waals surface area contributed by atoms with Crippen LogP contribution in [0.3, 0.4) is 0 Å². The second-order valence-corrected chi connectivity index (χ2v) is 5.83. The molecule has 0 bridgehead atoms. The lowest BCUT2D eigenvalue weighted by Crippen LogP contribution is -2.34. The van der Waals surface area contributed by atoms with E-state index < -0.39 is 0 Å². The Kier molecular flexibility index (Phi) is 5.54. The van der Waals surface area contributed by atoms with Gasteiger partial charge in [-0.3, -0.25) is 9.48 Å². The predicted molar refractivity (Wildman–Crippen MR) is 74.8 cm³/mol. The van der Waals surface area contributed by atoms with Gasteiger partial charge in [-0.25, -0.2) is 0 Å². The van der Waals surface area contributed by atoms with Gasteiger partial charge in [0.2, 0.25) is 5.91 Å². The van der Waals surface area contributed by atoms with Crippen LogP contribution in [0.1, 0.15) is 37.9 Å². The topological polar surface area (TPSA) is 67.2 Å². The Labute approximate surface area is 115 Å². The van der Waals surface area contributed by atoms with Gasteiger partial charge in [0, 0.05) is 32.8 Å². The summed E-state index contributed by atoms with van der Waals surface area (Å²) in [5, 5.41) is 16.1. The molecule has 0 saturated carbocycles. The molecule has 0 radical (unpaired) electrons. The van der Waals surface area contributed by atoms with Crippen LogP contribution in [0.15, 0.2) is 6.20 Å². The average molecular weight is 267 g/mol. The van der Waals surface area contributed by atoms with E-state index in [9.17, 15) is 4.79 Å². The number of aromatic nitrogens is 2. The fourth-order valence-corrected chi connectivity index (χ4v) is 1.96. The summed E-state index contributed by atoms with van der Waals surface area (Å²) in [5.74, 6) is 0.0502. The smallest absolute Gasteiger partial charge is 0.220 e. The number of rotatable bonds is 7. The van der Waals surface area contributed by atoms with Crippen LogP contribution in [0, 0.1) is 12.3 Å². The molecule has 1 aromatic heterocycles. The van der Waals surface area contributed by atoms with Gasteiger partial charge in [-0.2, -0.15) is 5.10 Å². The zero-order valence-corrected chi connectivity index (χ0v) is 12.4. The SMILES string of the molecule is Cc1nn(C)cc1CCC(=O)NCC(C)(C)CCO. The Morgan fingerprint density at radius 1 is 1.53 bits per heavy atom. The van der Waals surface area contributed by atoms with E-state index in [0.717, 1.165) is 11.3 Å². The van der Waals surface area contributed by atoms with Crippen LogP contribution in [0.5, 0.6) is 0 Å². The molecule has 0 unspecified atom stereocenters. The van der Waals surface area contributed by atoms with Gasteiger partial charge >= 0.3 is 0 Å². The number of nitrogens with one attached hydrogen (secondary N) is 1. The van der Waals surface area contributed by atoms with Crippen molar-refractivity contribution in [2.45, 2.75) is 40.0 Å². The normalized spacial score (nSPS) is 11.6. The summed E-state index contributed by atoms with van der Waals surface area (Å²) < 4.78 is 1.77. The first-order valence-electron chi connectivity index (χ1n) is 6.71. The molecule has 0 fully saturated rings. The highest BCUT2D eigenvalue weighted by Crippen LogP contribution is 2.18. The first kappa shape index (κ1) is 15.7. The molecule has 1 aromatic rings. The third-order valence-corrected chi connectivity index (χ3v) is 3.29. The summed E-state index contributed by atoms with van der Waals surface area (Å²) in [6.45, 7) is 6.78. The molecule has 0 aliphatic rings. The van der Waals surface area contributed by atoms with E-state index in [0.29, 0.717) is 25.8 Å². The van der Waals surface area contributed by atoms with E-state index in [-0.39, 0.29) is 17.9 Å². The van der Waals surface area contributed by atoms with Crippen LogP contribution in [0.4, 0.5) is 0 Å². The van der Waals surface area contributed by atoms with Gasteiger partial charge in [0.05, 0.1) is 5.69 Å². The maximum Gasteiger partial charge on any atom is 0.220 e. The van der Waals surface area contributed by atoms with Crippen LogP contribution < -0.4 is 5.32 Å². The molecule has 5 nitrogen and oxygen atoms in total. The maximum absolute atomic E-state index is 11.8. The molecule has 0 aliphatic heterocycles. The molecule has 0 aromatic carbocycles. The number of carbonyl (C=O) groups excluding carboxylic acids is 1. The van der Waals surface area contributed by atoms with E-state index in [1.54, 1.807) is 4.68 Å². The third-order valence-electron chi connectivity index (χ3n) is 3.29. The lowest BCUT2D eigenvalue weighted by atomic mass is 9.90. The van der Waals surface area contributed by atoms with Gasteiger partial charge in [0.1, 0.15) is 0 Å². The summed E-state index contributed by atoms with van der Waals surface area (Å²) in [6, 6.07) is 0. The van der Waals surface area contributed by atoms with Crippen molar-refractivity contribution in [3.8, 4) is 0 Å². The summed E-state index contributed by atoms with van der Waals surface area (Å²) in [7, 11) is 1.88. The zero-order valence-electron chi connectivity index (χ0n) is 12.4. The molecule has 5 heteroatoms. The zero-order chi connectivity index (χ0) is 14.5. The van der Waals surface area contributed by atoms with Crippen molar-refractivity contribution in [1.29, 1.82) is 0 Å². The number of amides is 1. The van der Waals surface area contributed by atoms with Gasteiger partial charge in [0.25, 0.3) is 0 Å². The molecular formula is C14H25N3O2. The maximum atomic E-state index is 11.8. The van der Waals surface area contributed by atoms with Gasteiger partial charge < -0.3 is 10.4 Å². The van der Waals surface area contributed by atoms with E-state index in [1.165, 1.54) is 0 Å². The number of hydrogen-bond acceptors (Lipinski definition) is 3. The predicted octanol–water partition coefficient (Wildman–Crippen LogP) is 1.19. The summed E-state index contributed by atoms with van der Waals surface area (Å²) in [4.78, 5) is 11.8. The molecule has 1 rings (SSSR count). The highest BCUT2D eigenvalue weighted by molar-refractivity contribution is 5.76. The van der Waals surface area contributed by atoms with E-state index >= 15 is 0 Å². The highest BCUT2D eigenvalue weighted by Gasteiger charge is 2.18. The average Bonchev–Trinajstić information content (AvgIpc) is 2.63. The van der Waals surface area contributed by atoms with Crippen LogP contribution in [-0.2, 0) is 18.3 Å². The minimum absolute atomic E-state index is 0.0502. The van der Waals surface area contributed by atoms with Crippen molar-refractivity contribution in [3.05, 3.63) is 17.5 Å². The van der Waals surface area contributed by atoms with Gasteiger partial charge in [0.15, 0.2) is 0 Å². The van der Waals surface area contributed by atoms with Crippen molar-refractivity contribution < 1.29 is 9.90 Å².